The number of anilines is 1. The molecule has 12 heteroatoms. The minimum atomic E-state index is -0.484. The number of thioether (sulfide) groups is 1. The number of nitrogens with two attached hydrogens (primary N) is 1. The zero-order valence-corrected chi connectivity index (χ0v) is 17.4. The van der Waals surface area contributed by atoms with Crippen molar-refractivity contribution in [1.82, 2.24) is 20.2 Å². The highest BCUT2D eigenvalue weighted by molar-refractivity contribution is 7.99. The predicted octanol–water partition coefficient (Wildman–Crippen LogP) is 2.06. The van der Waals surface area contributed by atoms with E-state index in [0.29, 0.717) is 17.3 Å². The van der Waals surface area contributed by atoms with Crippen molar-refractivity contribution in [2.75, 3.05) is 17.0 Å². The van der Waals surface area contributed by atoms with E-state index in [1.165, 1.54) is 23.0 Å². The molecule has 3 rings (SSSR count). The summed E-state index contributed by atoms with van der Waals surface area (Å²) in [6.45, 7) is 2.44. The number of benzene rings is 2. The van der Waals surface area contributed by atoms with Crippen LogP contribution in [-0.2, 0) is 11.3 Å². The van der Waals surface area contributed by atoms with Crippen LogP contribution >= 0.6 is 11.8 Å². The Morgan fingerprint density at radius 2 is 2.06 bits per heavy atom. The van der Waals surface area contributed by atoms with Crippen LogP contribution in [-0.4, -0.2) is 37.7 Å². The number of aryl methyl sites for hydroxylation is 1. The number of nitrogen functional groups attached to an aromatic ring is 1. The van der Waals surface area contributed by atoms with E-state index in [2.05, 4.69) is 26.0 Å². The molecule has 0 aliphatic carbocycles. The van der Waals surface area contributed by atoms with Gasteiger partial charge in [-0.05, 0) is 12.5 Å². The molecule has 0 aliphatic heterocycles. The van der Waals surface area contributed by atoms with Crippen LogP contribution in [0.4, 0.5) is 11.6 Å². The Morgan fingerprint density at radius 1 is 1.29 bits per heavy atom. The fourth-order valence-corrected chi connectivity index (χ4v) is 3.11. The molecule has 1 aromatic heterocycles. The van der Waals surface area contributed by atoms with Gasteiger partial charge < -0.3 is 11.2 Å². The van der Waals surface area contributed by atoms with Crippen LogP contribution in [0.1, 0.15) is 16.7 Å². The van der Waals surface area contributed by atoms with Crippen molar-refractivity contribution in [2.45, 2.75) is 18.6 Å². The Labute approximate surface area is 181 Å². The summed E-state index contributed by atoms with van der Waals surface area (Å²) in [5.74, 6) is 6.04. The van der Waals surface area contributed by atoms with Crippen molar-refractivity contribution in [3.63, 3.8) is 0 Å². The first-order chi connectivity index (χ1) is 14.9. The van der Waals surface area contributed by atoms with Gasteiger partial charge in [-0.2, -0.15) is 5.10 Å². The summed E-state index contributed by atoms with van der Waals surface area (Å²) in [6, 6.07) is 13.9. The summed E-state index contributed by atoms with van der Waals surface area (Å²) in [6.07, 6.45) is 1.40. The number of nitrogens with one attached hydrogen (secondary N) is 2. The molecule has 0 radical (unpaired) electrons. The second-order valence-electron chi connectivity index (χ2n) is 6.45. The van der Waals surface area contributed by atoms with Gasteiger partial charge in [-0.15, -0.1) is 10.2 Å². The lowest BCUT2D eigenvalue weighted by atomic mass is 10.1. The van der Waals surface area contributed by atoms with Gasteiger partial charge in [0, 0.05) is 24.2 Å². The van der Waals surface area contributed by atoms with Gasteiger partial charge in [0.25, 0.3) is 11.6 Å². The van der Waals surface area contributed by atoms with Gasteiger partial charge in [0.1, 0.15) is 0 Å². The number of nitro benzene ring substituents is 1. The van der Waals surface area contributed by atoms with Gasteiger partial charge in [0.05, 0.1) is 16.9 Å². The summed E-state index contributed by atoms with van der Waals surface area (Å²) >= 11 is 1.13. The van der Waals surface area contributed by atoms with E-state index in [1.807, 2.05) is 31.2 Å². The van der Waals surface area contributed by atoms with Crippen molar-refractivity contribution >= 4 is 35.5 Å². The SMILES string of the molecule is Cc1ccc(CNC(=O)CSc2nnc(N/N=C/c3cccc([N+](=O)[O-])c3)n2N)cc1. The summed E-state index contributed by atoms with van der Waals surface area (Å²) in [4.78, 5) is 22.4. The second kappa shape index (κ2) is 10.2. The van der Waals surface area contributed by atoms with E-state index in [0.717, 1.165) is 22.9 Å². The minimum Gasteiger partial charge on any atom is -0.351 e. The lowest BCUT2D eigenvalue weighted by Crippen LogP contribution is -2.25. The number of rotatable bonds is 9. The maximum absolute atomic E-state index is 12.1. The number of nitrogens with zero attached hydrogens (tertiary/aromatic N) is 5. The molecule has 0 fully saturated rings. The molecule has 11 nitrogen and oxygen atoms in total. The fraction of sp³-hybridized carbons (Fsp3) is 0.158. The Kier molecular flexibility index (Phi) is 7.17. The number of hydrazone groups is 1. The molecule has 0 saturated carbocycles. The maximum atomic E-state index is 12.1. The van der Waals surface area contributed by atoms with Crippen LogP contribution in [0.5, 0.6) is 0 Å². The third-order valence-electron chi connectivity index (χ3n) is 4.07. The number of hydrogen-bond donors (Lipinski definition) is 3. The zero-order valence-electron chi connectivity index (χ0n) is 16.6. The first kappa shape index (κ1) is 21.8. The van der Waals surface area contributed by atoms with E-state index >= 15 is 0 Å². The van der Waals surface area contributed by atoms with Gasteiger partial charge in [0.2, 0.25) is 11.1 Å². The Bertz CT molecular complexity index is 1100. The lowest BCUT2D eigenvalue weighted by Gasteiger charge is -2.06. The summed E-state index contributed by atoms with van der Waals surface area (Å²) in [5, 5.41) is 25.7. The standard InChI is InChI=1S/C19H20N8O3S/c1-13-5-7-14(8-6-13)10-21-17(28)12-31-19-25-24-18(26(19)20)23-22-11-15-3-2-4-16(9-15)27(29)30/h2-9,11H,10,12,20H2,1H3,(H,21,28)(H,23,24)/b22-11+. The molecule has 4 N–H and O–H groups in total. The smallest absolute Gasteiger partial charge is 0.270 e. The molecule has 0 unspecified atom stereocenters. The number of carbonyl (C=O) groups excluding carboxylic acids is 1. The number of aromatic nitrogens is 3. The normalized spacial score (nSPS) is 10.9. The number of amides is 1. The van der Waals surface area contributed by atoms with Crippen molar-refractivity contribution in [1.29, 1.82) is 0 Å². The highest BCUT2D eigenvalue weighted by atomic mass is 32.2. The first-order valence-corrected chi connectivity index (χ1v) is 10.1. The third kappa shape index (κ3) is 6.27. The number of non-ortho nitro benzene ring substituents is 1. The largest absolute Gasteiger partial charge is 0.351 e. The Hall–Kier alpha value is -3.93. The van der Waals surface area contributed by atoms with Gasteiger partial charge >= 0.3 is 0 Å². The highest BCUT2D eigenvalue weighted by Gasteiger charge is 2.12. The molecule has 3 aromatic rings. The van der Waals surface area contributed by atoms with Gasteiger partial charge in [-0.1, -0.05) is 53.7 Å². The molecule has 31 heavy (non-hydrogen) atoms. The molecule has 160 valence electrons. The average Bonchev–Trinajstić information content (AvgIpc) is 3.11. The summed E-state index contributed by atoms with van der Waals surface area (Å²) in [7, 11) is 0. The number of hydrogen-bond acceptors (Lipinski definition) is 9. The monoisotopic (exact) mass is 440 g/mol. The topological polar surface area (TPSA) is 153 Å². The second-order valence-corrected chi connectivity index (χ2v) is 7.39. The van der Waals surface area contributed by atoms with E-state index in [9.17, 15) is 14.9 Å². The fourth-order valence-electron chi connectivity index (χ4n) is 2.42. The highest BCUT2D eigenvalue weighted by Crippen LogP contribution is 2.16. The van der Waals surface area contributed by atoms with E-state index in [1.54, 1.807) is 12.1 Å². The van der Waals surface area contributed by atoms with Crippen LogP contribution in [0.15, 0.2) is 58.8 Å². The zero-order chi connectivity index (χ0) is 22.2. The number of carbonyl (C=O) groups is 1. The molecule has 2 aromatic carbocycles. The number of nitro groups is 1. The predicted molar refractivity (Wildman–Crippen MR) is 118 cm³/mol. The summed E-state index contributed by atoms with van der Waals surface area (Å²) < 4.78 is 1.17. The van der Waals surface area contributed by atoms with Gasteiger partial charge in [-0.3, -0.25) is 14.9 Å². The van der Waals surface area contributed by atoms with Crippen LogP contribution in [0.25, 0.3) is 0 Å². The Morgan fingerprint density at radius 3 is 2.81 bits per heavy atom. The van der Waals surface area contributed by atoms with Crippen molar-refractivity contribution in [2.24, 2.45) is 5.10 Å². The van der Waals surface area contributed by atoms with Crippen molar-refractivity contribution in [3.8, 4) is 0 Å². The quantitative estimate of drug-likeness (QED) is 0.150. The maximum Gasteiger partial charge on any atom is 0.270 e. The molecule has 0 atom stereocenters. The Balaban J connectivity index is 1.49. The molecule has 1 amide bonds. The minimum absolute atomic E-state index is 0.0368. The molecular formula is C19H20N8O3S. The van der Waals surface area contributed by atoms with Crippen molar-refractivity contribution in [3.05, 3.63) is 75.3 Å². The van der Waals surface area contributed by atoms with Crippen molar-refractivity contribution < 1.29 is 9.72 Å². The molecule has 0 spiro atoms. The average molecular weight is 440 g/mol. The van der Waals surface area contributed by atoms with Gasteiger partial charge in [-0.25, -0.2) is 10.1 Å². The third-order valence-corrected chi connectivity index (χ3v) is 5.01. The molecule has 0 bridgehead atoms. The van der Waals surface area contributed by atoms with E-state index < -0.39 is 4.92 Å². The van der Waals surface area contributed by atoms with Crippen LogP contribution < -0.4 is 16.6 Å². The van der Waals surface area contributed by atoms with E-state index in [-0.39, 0.29) is 23.3 Å². The molecular weight excluding hydrogens is 420 g/mol. The molecule has 0 aliphatic rings. The molecule has 0 saturated heterocycles. The summed E-state index contributed by atoms with van der Waals surface area (Å²) in [5.41, 5.74) is 5.29. The first-order valence-electron chi connectivity index (χ1n) is 9.11. The van der Waals surface area contributed by atoms with Crippen LogP contribution in [0.3, 0.4) is 0 Å². The van der Waals surface area contributed by atoms with Crippen LogP contribution in [0.2, 0.25) is 0 Å². The van der Waals surface area contributed by atoms with E-state index in [4.69, 9.17) is 5.84 Å². The lowest BCUT2D eigenvalue weighted by molar-refractivity contribution is -0.384. The van der Waals surface area contributed by atoms with Gasteiger partial charge in [0.15, 0.2) is 0 Å². The van der Waals surface area contributed by atoms with Crippen LogP contribution in [0, 0.1) is 17.0 Å². The molecule has 1 heterocycles.